The zero-order chi connectivity index (χ0) is 16.3. The predicted molar refractivity (Wildman–Crippen MR) is 90.9 cm³/mol. The molecule has 2 aliphatic carbocycles. The SMILES string of the molecule is OC1=CC=CC(O)(CC(O)c2ccccc2)C1=C1CCCCC1. The molecule has 0 heterocycles. The highest BCUT2D eigenvalue weighted by atomic mass is 16.3. The molecule has 3 nitrogen and oxygen atoms in total. The van der Waals surface area contributed by atoms with E-state index in [1.807, 2.05) is 30.3 Å². The summed E-state index contributed by atoms with van der Waals surface area (Å²) in [6, 6.07) is 9.34. The molecular formula is C20H24O3. The molecular weight excluding hydrogens is 288 g/mol. The first-order valence-electron chi connectivity index (χ1n) is 8.37. The topological polar surface area (TPSA) is 60.7 Å². The molecule has 3 rings (SSSR count). The lowest BCUT2D eigenvalue weighted by Crippen LogP contribution is -2.35. The monoisotopic (exact) mass is 312 g/mol. The van der Waals surface area contributed by atoms with Gasteiger partial charge in [0.25, 0.3) is 0 Å². The third-order valence-electron chi connectivity index (χ3n) is 4.81. The smallest absolute Gasteiger partial charge is 0.121 e. The van der Waals surface area contributed by atoms with Gasteiger partial charge in [-0.05, 0) is 43.4 Å². The molecule has 1 fully saturated rings. The highest BCUT2D eigenvalue weighted by Crippen LogP contribution is 2.41. The summed E-state index contributed by atoms with van der Waals surface area (Å²) in [6.07, 6.45) is 9.54. The van der Waals surface area contributed by atoms with Crippen molar-refractivity contribution in [3.8, 4) is 0 Å². The minimum Gasteiger partial charge on any atom is -0.508 e. The van der Waals surface area contributed by atoms with Crippen LogP contribution in [0.5, 0.6) is 0 Å². The fraction of sp³-hybridized carbons (Fsp3) is 0.400. The molecule has 3 heteroatoms. The zero-order valence-electron chi connectivity index (χ0n) is 13.3. The Bertz CT molecular complexity index is 634. The number of benzene rings is 1. The summed E-state index contributed by atoms with van der Waals surface area (Å²) in [6.45, 7) is 0. The lowest BCUT2D eigenvalue weighted by molar-refractivity contribution is 0.0476. The van der Waals surface area contributed by atoms with Crippen molar-refractivity contribution in [3.05, 3.63) is 71.0 Å². The minimum atomic E-state index is -1.32. The Balaban J connectivity index is 1.91. The molecule has 23 heavy (non-hydrogen) atoms. The number of aliphatic hydroxyl groups excluding tert-OH is 2. The maximum Gasteiger partial charge on any atom is 0.121 e. The number of aliphatic hydroxyl groups is 3. The molecule has 2 atom stereocenters. The minimum absolute atomic E-state index is 0.132. The van der Waals surface area contributed by atoms with E-state index >= 15 is 0 Å². The number of allylic oxidation sites excluding steroid dienone is 3. The van der Waals surface area contributed by atoms with Gasteiger partial charge >= 0.3 is 0 Å². The molecule has 1 aromatic carbocycles. The van der Waals surface area contributed by atoms with Crippen LogP contribution in [0, 0.1) is 0 Å². The van der Waals surface area contributed by atoms with Crippen LogP contribution in [0.1, 0.15) is 50.2 Å². The van der Waals surface area contributed by atoms with Gasteiger partial charge in [0.2, 0.25) is 0 Å². The van der Waals surface area contributed by atoms with E-state index in [1.165, 1.54) is 6.42 Å². The van der Waals surface area contributed by atoms with Gasteiger partial charge in [0.15, 0.2) is 0 Å². The van der Waals surface area contributed by atoms with Gasteiger partial charge in [-0.3, -0.25) is 0 Å². The van der Waals surface area contributed by atoms with Gasteiger partial charge in [0, 0.05) is 12.0 Å². The first-order valence-corrected chi connectivity index (χ1v) is 8.37. The second kappa shape index (κ2) is 6.73. The summed E-state index contributed by atoms with van der Waals surface area (Å²) in [5.41, 5.74) is 1.18. The highest BCUT2D eigenvalue weighted by Gasteiger charge is 2.37. The Hall–Kier alpha value is -1.84. The van der Waals surface area contributed by atoms with Gasteiger partial charge < -0.3 is 15.3 Å². The van der Waals surface area contributed by atoms with Crippen LogP contribution in [-0.2, 0) is 0 Å². The molecule has 3 N–H and O–H groups in total. The van der Waals surface area contributed by atoms with Crippen molar-refractivity contribution < 1.29 is 15.3 Å². The Morgan fingerprint density at radius 3 is 2.43 bits per heavy atom. The van der Waals surface area contributed by atoms with Crippen LogP contribution in [0.3, 0.4) is 0 Å². The Labute approximate surface area is 137 Å². The van der Waals surface area contributed by atoms with Crippen molar-refractivity contribution in [1.82, 2.24) is 0 Å². The molecule has 2 unspecified atom stereocenters. The summed E-state index contributed by atoms with van der Waals surface area (Å²) in [5, 5.41) is 32.1. The molecule has 1 saturated carbocycles. The maximum absolute atomic E-state index is 11.2. The van der Waals surface area contributed by atoms with Crippen LogP contribution in [0.25, 0.3) is 0 Å². The summed E-state index contributed by atoms with van der Waals surface area (Å²) in [4.78, 5) is 0. The van der Waals surface area contributed by atoms with Crippen LogP contribution in [0.2, 0.25) is 0 Å². The quantitative estimate of drug-likeness (QED) is 0.787. The summed E-state index contributed by atoms with van der Waals surface area (Å²) < 4.78 is 0. The molecule has 0 aliphatic heterocycles. The highest BCUT2D eigenvalue weighted by molar-refractivity contribution is 5.47. The van der Waals surface area contributed by atoms with Crippen LogP contribution in [0.15, 0.2) is 65.5 Å². The molecule has 0 spiro atoms. The van der Waals surface area contributed by atoms with E-state index in [0.717, 1.165) is 36.8 Å². The van der Waals surface area contributed by atoms with Crippen molar-refractivity contribution >= 4 is 0 Å². The fourth-order valence-electron chi connectivity index (χ4n) is 3.66. The van der Waals surface area contributed by atoms with Crippen molar-refractivity contribution in [2.24, 2.45) is 0 Å². The van der Waals surface area contributed by atoms with Crippen molar-refractivity contribution in [1.29, 1.82) is 0 Å². The lowest BCUT2D eigenvalue weighted by atomic mass is 9.77. The maximum atomic E-state index is 11.2. The van der Waals surface area contributed by atoms with Gasteiger partial charge in [-0.15, -0.1) is 0 Å². The zero-order valence-corrected chi connectivity index (χ0v) is 13.3. The Morgan fingerprint density at radius 1 is 1.04 bits per heavy atom. The van der Waals surface area contributed by atoms with Crippen molar-refractivity contribution in [2.75, 3.05) is 0 Å². The van der Waals surface area contributed by atoms with Gasteiger partial charge in [-0.1, -0.05) is 48.4 Å². The summed E-state index contributed by atoms with van der Waals surface area (Å²) in [5.74, 6) is 0.132. The van der Waals surface area contributed by atoms with E-state index in [2.05, 4.69) is 0 Å². The third-order valence-corrected chi connectivity index (χ3v) is 4.81. The van der Waals surface area contributed by atoms with Crippen LogP contribution in [-0.4, -0.2) is 20.9 Å². The standard InChI is InChI=1S/C20H24O3/c21-17-12-7-13-20(23,19(17)16-10-5-2-6-11-16)14-18(22)15-8-3-1-4-9-15/h1,3-4,7-9,12-13,18,21-23H,2,5-6,10-11,14H2. The van der Waals surface area contributed by atoms with E-state index in [4.69, 9.17) is 0 Å². The molecule has 0 bridgehead atoms. The van der Waals surface area contributed by atoms with Gasteiger partial charge in [-0.2, -0.15) is 0 Å². The summed E-state index contributed by atoms with van der Waals surface area (Å²) in [7, 11) is 0. The summed E-state index contributed by atoms with van der Waals surface area (Å²) >= 11 is 0. The Morgan fingerprint density at radius 2 is 1.74 bits per heavy atom. The molecule has 0 saturated heterocycles. The number of hydrogen-bond donors (Lipinski definition) is 3. The Kier molecular flexibility index (Phi) is 4.69. The molecule has 2 aliphatic rings. The molecule has 122 valence electrons. The number of hydrogen-bond acceptors (Lipinski definition) is 3. The van der Waals surface area contributed by atoms with Crippen molar-refractivity contribution in [2.45, 2.75) is 50.2 Å². The largest absolute Gasteiger partial charge is 0.508 e. The van der Waals surface area contributed by atoms with Gasteiger partial charge in [-0.25, -0.2) is 0 Å². The average Bonchev–Trinajstić information content (AvgIpc) is 2.56. The van der Waals surface area contributed by atoms with Gasteiger partial charge in [0.1, 0.15) is 11.4 Å². The van der Waals surface area contributed by atoms with Crippen LogP contribution in [0.4, 0.5) is 0 Å². The van der Waals surface area contributed by atoms with Gasteiger partial charge in [0.05, 0.1) is 6.10 Å². The lowest BCUT2D eigenvalue weighted by Gasteiger charge is -2.34. The number of rotatable bonds is 3. The van der Waals surface area contributed by atoms with Crippen LogP contribution < -0.4 is 0 Å². The molecule has 0 radical (unpaired) electrons. The second-order valence-corrected chi connectivity index (χ2v) is 6.51. The first kappa shape index (κ1) is 16.0. The average molecular weight is 312 g/mol. The van der Waals surface area contributed by atoms with E-state index in [-0.39, 0.29) is 12.2 Å². The third kappa shape index (κ3) is 3.41. The fourth-order valence-corrected chi connectivity index (χ4v) is 3.66. The van der Waals surface area contributed by atoms with E-state index in [0.29, 0.717) is 5.57 Å². The van der Waals surface area contributed by atoms with E-state index in [1.54, 1.807) is 18.2 Å². The molecule has 0 amide bonds. The van der Waals surface area contributed by atoms with E-state index in [9.17, 15) is 15.3 Å². The second-order valence-electron chi connectivity index (χ2n) is 6.51. The molecule has 0 aromatic heterocycles. The molecule has 1 aromatic rings. The predicted octanol–water partition coefficient (Wildman–Crippen LogP) is 4.11. The van der Waals surface area contributed by atoms with Crippen LogP contribution >= 0.6 is 0 Å². The normalized spacial score (nSPS) is 26.1. The van der Waals surface area contributed by atoms with Crippen molar-refractivity contribution in [3.63, 3.8) is 0 Å². The first-order chi connectivity index (χ1) is 11.1. The van der Waals surface area contributed by atoms with E-state index < -0.39 is 11.7 Å².